The maximum atomic E-state index is 10.5. The van der Waals surface area contributed by atoms with Crippen molar-refractivity contribution >= 4 is 5.97 Å². The number of aliphatic carboxylic acids is 1. The Kier molecular flexibility index (Phi) is 19.4. The van der Waals surface area contributed by atoms with E-state index in [0.29, 0.717) is 0 Å². The summed E-state index contributed by atoms with van der Waals surface area (Å²) in [4.78, 5) is 10.5. The van der Waals surface area contributed by atoms with Crippen LogP contribution in [0.1, 0.15) is 105 Å². The summed E-state index contributed by atoms with van der Waals surface area (Å²) in [6.45, 7) is 15.1. The van der Waals surface area contributed by atoms with Crippen LogP contribution in [0.3, 0.4) is 0 Å². The van der Waals surface area contributed by atoms with Crippen LogP contribution in [-0.4, -0.2) is 37.1 Å². The number of hydrogen-bond acceptors (Lipinski definition) is 2. The Labute approximate surface area is 158 Å². The normalized spacial score (nSPS) is 12.4. The van der Waals surface area contributed by atoms with Crippen molar-refractivity contribution in [3.05, 3.63) is 0 Å². The van der Waals surface area contributed by atoms with E-state index in [1.165, 1.54) is 62.6 Å². The largest absolute Gasteiger partial charge is 0.550 e. The third-order valence-corrected chi connectivity index (χ3v) is 5.03. The minimum absolute atomic E-state index is 0.208. The van der Waals surface area contributed by atoms with E-state index >= 15 is 0 Å². The minimum atomic E-state index is -0.875. The van der Waals surface area contributed by atoms with Gasteiger partial charge in [-0.3, -0.25) is 0 Å². The zero-order chi connectivity index (χ0) is 19.6. The van der Waals surface area contributed by atoms with Crippen LogP contribution >= 0.6 is 0 Å². The quantitative estimate of drug-likeness (QED) is 0.379. The van der Waals surface area contributed by atoms with E-state index in [1.807, 2.05) is 6.92 Å². The average Bonchev–Trinajstić information content (AvgIpc) is 2.60. The molecule has 3 nitrogen and oxygen atoms in total. The molecule has 0 N–H and O–H groups in total. The van der Waals surface area contributed by atoms with Crippen LogP contribution in [0.5, 0.6) is 0 Å². The summed E-state index contributed by atoms with van der Waals surface area (Å²) < 4.78 is 1.32. The molecule has 152 valence electrons. The third-order valence-electron chi connectivity index (χ3n) is 5.03. The lowest BCUT2D eigenvalue weighted by Gasteiger charge is -2.34. The molecule has 0 heterocycles. The SMILES string of the molecule is CCCCC(CCC)C(=O)[O-].CCCC[N+](C)(CCCC)CCCC. The predicted octanol–water partition coefficient (Wildman–Crippen LogP) is 5.18. The van der Waals surface area contributed by atoms with Gasteiger partial charge >= 0.3 is 0 Å². The van der Waals surface area contributed by atoms with Crippen molar-refractivity contribution in [1.29, 1.82) is 0 Å². The molecule has 25 heavy (non-hydrogen) atoms. The lowest BCUT2D eigenvalue weighted by molar-refractivity contribution is -0.910. The van der Waals surface area contributed by atoms with Gasteiger partial charge in [0.15, 0.2) is 0 Å². The second-order valence-electron chi connectivity index (χ2n) is 7.80. The smallest absolute Gasteiger partial charge is 0.0784 e. The molecule has 0 rings (SSSR count). The van der Waals surface area contributed by atoms with Gasteiger partial charge in [-0.1, -0.05) is 73.1 Å². The van der Waals surface area contributed by atoms with E-state index in [1.54, 1.807) is 0 Å². The summed E-state index contributed by atoms with van der Waals surface area (Å²) in [5.74, 6) is -1.08. The van der Waals surface area contributed by atoms with Gasteiger partial charge in [0.2, 0.25) is 0 Å². The van der Waals surface area contributed by atoms with E-state index < -0.39 is 5.97 Å². The standard InChI is InChI=1S/C13H30N.C9H18O2/c1-5-8-11-14(4,12-9-6-2)13-10-7-3;1-3-5-7-8(6-4-2)9(10)11/h5-13H2,1-4H3;8H,3-7H2,1-2H3,(H,10,11)/q+1;/p-1. The second-order valence-corrected chi connectivity index (χ2v) is 7.80. The maximum Gasteiger partial charge on any atom is 0.0784 e. The van der Waals surface area contributed by atoms with Crippen molar-refractivity contribution in [2.75, 3.05) is 26.7 Å². The molecule has 0 aliphatic heterocycles. The van der Waals surface area contributed by atoms with Crippen LogP contribution in [0.15, 0.2) is 0 Å². The molecule has 0 aliphatic rings. The fourth-order valence-electron chi connectivity index (χ4n) is 3.13. The Balaban J connectivity index is 0. The summed E-state index contributed by atoms with van der Waals surface area (Å²) in [7, 11) is 2.45. The molecule has 0 amide bonds. The van der Waals surface area contributed by atoms with Gasteiger partial charge in [0, 0.05) is 5.97 Å². The van der Waals surface area contributed by atoms with Gasteiger partial charge in [-0.15, -0.1) is 0 Å². The number of carboxylic acid groups (broad SMARTS) is 1. The van der Waals surface area contributed by atoms with Gasteiger partial charge in [-0.2, -0.15) is 0 Å². The van der Waals surface area contributed by atoms with Crippen molar-refractivity contribution in [2.45, 2.75) is 105 Å². The van der Waals surface area contributed by atoms with E-state index in [0.717, 1.165) is 32.1 Å². The van der Waals surface area contributed by atoms with Gasteiger partial charge in [0.25, 0.3) is 0 Å². The van der Waals surface area contributed by atoms with E-state index in [-0.39, 0.29) is 5.92 Å². The van der Waals surface area contributed by atoms with Crippen LogP contribution in [0.4, 0.5) is 0 Å². The number of unbranched alkanes of at least 4 members (excludes halogenated alkanes) is 4. The molecular formula is C22H47NO2. The molecule has 3 heteroatoms. The Morgan fingerprint density at radius 2 is 1.12 bits per heavy atom. The highest BCUT2D eigenvalue weighted by Crippen LogP contribution is 2.13. The van der Waals surface area contributed by atoms with Crippen molar-refractivity contribution in [1.82, 2.24) is 0 Å². The summed E-state index contributed by atoms with van der Waals surface area (Å²) >= 11 is 0. The summed E-state index contributed by atoms with van der Waals surface area (Å²) in [6, 6.07) is 0. The van der Waals surface area contributed by atoms with Gasteiger partial charge in [0.05, 0.1) is 26.7 Å². The topological polar surface area (TPSA) is 40.1 Å². The molecule has 0 saturated heterocycles. The molecule has 0 aromatic heterocycles. The first kappa shape index (κ1) is 26.7. The molecule has 0 bridgehead atoms. The molecule has 0 aromatic carbocycles. The molecular weight excluding hydrogens is 310 g/mol. The number of rotatable bonds is 15. The molecule has 0 aromatic rings. The van der Waals surface area contributed by atoms with Gasteiger partial charge in [-0.05, 0) is 38.0 Å². The van der Waals surface area contributed by atoms with E-state index in [9.17, 15) is 9.90 Å². The molecule has 0 spiro atoms. The van der Waals surface area contributed by atoms with Crippen LogP contribution in [0.25, 0.3) is 0 Å². The molecule has 0 aliphatic carbocycles. The van der Waals surface area contributed by atoms with Crippen molar-refractivity contribution < 1.29 is 14.4 Å². The van der Waals surface area contributed by atoms with Crippen LogP contribution in [0.2, 0.25) is 0 Å². The lowest BCUT2D eigenvalue weighted by atomic mass is 9.97. The van der Waals surface area contributed by atoms with Gasteiger partial charge in [0.1, 0.15) is 0 Å². The molecule has 0 radical (unpaired) electrons. The molecule has 1 atom stereocenters. The van der Waals surface area contributed by atoms with Crippen molar-refractivity contribution in [3.8, 4) is 0 Å². The summed E-state index contributed by atoms with van der Waals surface area (Å²) in [5.41, 5.74) is 0. The zero-order valence-corrected chi connectivity index (χ0v) is 18.2. The van der Waals surface area contributed by atoms with E-state index in [4.69, 9.17) is 0 Å². The van der Waals surface area contributed by atoms with E-state index in [2.05, 4.69) is 34.7 Å². The first-order valence-corrected chi connectivity index (χ1v) is 10.9. The predicted molar refractivity (Wildman–Crippen MR) is 108 cm³/mol. The Morgan fingerprint density at radius 3 is 1.40 bits per heavy atom. The molecule has 1 unspecified atom stereocenters. The fraction of sp³-hybridized carbons (Fsp3) is 0.955. The monoisotopic (exact) mass is 357 g/mol. The molecule has 0 saturated carbocycles. The van der Waals surface area contributed by atoms with Crippen molar-refractivity contribution in [3.63, 3.8) is 0 Å². The highest BCUT2D eigenvalue weighted by Gasteiger charge is 2.18. The lowest BCUT2D eigenvalue weighted by Crippen LogP contribution is -2.46. The first-order chi connectivity index (χ1) is 11.9. The number of nitrogens with zero attached hydrogens (tertiary/aromatic N) is 1. The number of carbonyl (C=O) groups excluding carboxylic acids is 1. The Hall–Kier alpha value is -0.570. The average molecular weight is 358 g/mol. The maximum absolute atomic E-state index is 10.5. The third kappa shape index (κ3) is 16.6. The number of carboxylic acids is 1. The highest BCUT2D eigenvalue weighted by atomic mass is 16.4. The van der Waals surface area contributed by atoms with Crippen LogP contribution in [0, 0.1) is 5.92 Å². The Bertz CT molecular complexity index is 270. The van der Waals surface area contributed by atoms with Crippen LogP contribution in [-0.2, 0) is 4.79 Å². The zero-order valence-electron chi connectivity index (χ0n) is 18.2. The van der Waals surface area contributed by atoms with Crippen LogP contribution < -0.4 is 5.11 Å². The number of quaternary nitrogens is 1. The first-order valence-electron chi connectivity index (χ1n) is 10.9. The summed E-state index contributed by atoms with van der Waals surface area (Å²) in [5, 5.41) is 10.5. The van der Waals surface area contributed by atoms with Crippen molar-refractivity contribution in [2.24, 2.45) is 5.92 Å². The highest BCUT2D eigenvalue weighted by molar-refractivity contribution is 5.67. The van der Waals surface area contributed by atoms with Gasteiger partial charge in [-0.25, -0.2) is 0 Å². The fourth-order valence-corrected chi connectivity index (χ4v) is 3.13. The minimum Gasteiger partial charge on any atom is -0.550 e. The molecule has 0 fully saturated rings. The number of hydrogen-bond donors (Lipinski definition) is 0. The van der Waals surface area contributed by atoms with Gasteiger partial charge < -0.3 is 14.4 Å². The second kappa shape index (κ2) is 18.2. The summed E-state index contributed by atoms with van der Waals surface area (Å²) in [6.07, 6.45) is 12.7. The Morgan fingerprint density at radius 1 is 0.720 bits per heavy atom. The number of carbonyl (C=O) groups is 1.